The monoisotopic (exact) mass is 169 g/mol. The number of carbonyl (C=O) groups excluding carboxylic acids is 3. The quantitative estimate of drug-likeness (QED) is 0.352. The zero-order valence-electron chi connectivity index (χ0n) is 6.19. The Morgan fingerprint density at radius 2 is 2.00 bits per heavy atom. The summed E-state index contributed by atoms with van der Waals surface area (Å²) in [6.07, 6.45) is -1.01. The lowest BCUT2D eigenvalue weighted by atomic mass is 10.1. The van der Waals surface area contributed by atoms with Gasteiger partial charge in [-0.1, -0.05) is 0 Å². The van der Waals surface area contributed by atoms with Crippen molar-refractivity contribution >= 4 is 17.6 Å². The molecule has 0 bridgehead atoms. The van der Waals surface area contributed by atoms with E-state index in [0.717, 1.165) is 4.90 Å². The van der Waals surface area contributed by atoms with Crippen molar-refractivity contribution in [2.75, 3.05) is 0 Å². The first kappa shape index (κ1) is 7.42. The Morgan fingerprint density at radius 1 is 1.33 bits per heavy atom. The van der Waals surface area contributed by atoms with Gasteiger partial charge in [-0.15, -0.1) is 0 Å². The molecule has 2 aliphatic rings. The van der Waals surface area contributed by atoms with Crippen molar-refractivity contribution in [1.82, 2.24) is 4.90 Å². The predicted molar refractivity (Wildman–Crippen MR) is 35.9 cm³/mol. The van der Waals surface area contributed by atoms with Crippen LogP contribution in [0.4, 0.5) is 0 Å². The van der Waals surface area contributed by atoms with Crippen LogP contribution < -0.4 is 0 Å². The largest absolute Gasteiger partial charge is 0.376 e. The van der Waals surface area contributed by atoms with Gasteiger partial charge >= 0.3 is 0 Å². The highest BCUT2D eigenvalue weighted by Crippen LogP contribution is 2.27. The molecule has 2 aliphatic heterocycles. The van der Waals surface area contributed by atoms with Gasteiger partial charge in [-0.05, 0) is 6.42 Å². The van der Waals surface area contributed by atoms with Crippen LogP contribution in [0.5, 0.6) is 0 Å². The van der Waals surface area contributed by atoms with E-state index in [0.29, 0.717) is 6.42 Å². The Morgan fingerprint density at radius 3 is 2.58 bits per heavy atom. The Balaban J connectivity index is 2.38. The third-order valence-electron chi connectivity index (χ3n) is 2.28. The van der Waals surface area contributed by atoms with Crippen molar-refractivity contribution in [1.29, 1.82) is 0 Å². The fourth-order valence-corrected chi connectivity index (χ4v) is 1.67. The molecule has 0 saturated carbocycles. The van der Waals surface area contributed by atoms with Crippen LogP contribution in [-0.4, -0.2) is 39.7 Å². The minimum absolute atomic E-state index is 0.231. The molecular formula is C7H7NO4. The maximum Gasteiger partial charge on any atom is 0.266 e. The summed E-state index contributed by atoms with van der Waals surface area (Å²) in [6, 6.07) is -0.681. The van der Waals surface area contributed by atoms with Crippen molar-refractivity contribution in [3.8, 4) is 0 Å². The predicted octanol–water partition coefficient (Wildman–Crippen LogP) is -1.55. The molecule has 2 unspecified atom stereocenters. The molecule has 0 aromatic heterocycles. The van der Waals surface area contributed by atoms with E-state index >= 15 is 0 Å². The molecule has 5 heteroatoms. The maximum atomic E-state index is 11.1. The number of amides is 2. The molecular weight excluding hydrogens is 162 g/mol. The van der Waals surface area contributed by atoms with Crippen LogP contribution in [-0.2, 0) is 14.4 Å². The van der Waals surface area contributed by atoms with Gasteiger partial charge < -0.3 is 5.11 Å². The van der Waals surface area contributed by atoms with E-state index in [1.165, 1.54) is 0 Å². The summed E-state index contributed by atoms with van der Waals surface area (Å²) >= 11 is 0. The number of hydrogen-bond acceptors (Lipinski definition) is 4. The molecule has 2 saturated heterocycles. The van der Waals surface area contributed by atoms with Gasteiger partial charge in [0.05, 0.1) is 0 Å². The number of hydrogen-bond donors (Lipinski definition) is 1. The molecule has 2 heterocycles. The highest BCUT2D eigenvalue weighted by atomic mass is 16.3. The van der Waals surface area contributed by atoms with E-state index in [4.69, 9.17) is 5.11 Å². The third-order valence-corrected chi connectivity index (χ3v) is 2.28. The number of Topliss-reactive ketones (excluding diaryl/α,β-unsaturated/α-hetero) is 1. The second kappa shape index (κ2) is 2.13. The van der Waals surface area contributed by atoms with Gasteiger partial charge in [0.15, 0.2) is 11.9 Å². The molecule has 0 aromatic carbocycles. The molecule has 0 aromatic rings. The lowest BCUT2D eigenvalue weighted by Gasteiger charge is -2.09. The van der Waals surface area contributed by atoms with Gasteiger partial charge in [0.2, 0.25) is 5.91 Å². The molecule has 0 aliphatic carbocycles. The molecule has 1 N–H and O–H groups in total. The first-order valence-corrected chi connectivity index (χ1v) is 3.70. The molecule has 0 radical (unpaired) electrons. The van der Waals surface area contributed by atoms with E-state index < -0.39 is 23.8 Å². The number of carbonyl (C=O) groups is 3. The lowest BCUT2D eigenvalue weighted by Crippen LogP contribution is -2.33. The fraction of sp³-hybridized carbons (Fsp3) is 0.571. The van der Waals surface area contributed by atoms with Crippen molar-refractivity contribution in [3.05, 3.63) is 0 Å². The minimum Gasteiger partial charge on any atom is -0.376 e. The van der Waals surface area contributed by atoms with Crippen molar-refractivity contribution in [3.63, 3.8) is 0 Å². The smallest absolute Gasteiger partial charge is 0.266 e. The maximum absolute atomic E-state index is 11.1. The van der Waals surface area contributed by atoms with Crippen molar-refractivity contribution < 1.29 is 19.5 Å². The Bertz CT molecular complexity index is 285. The normalized spacial score (nSPS) is 34.8. The second-order valence-corrected chi connectivity index (χ2v) is 2.96. The number of fused-ring (bicyclic) bond motifs is 1. The number of imide groups is 1. The van der Waals surface area contributed by atoms with Crippen molar-refractivity contribution in [2.24, 2.45) is 0 Å². The standard InChI is InChI=1S/C7H7NO4/c9-4-2-1-3-5(10)6(11)7(12)8(3)4/h3,6,11H,1-2H2. The average molecular weight is 169 g/mol. The van der Waals surface area contributed by atoms with Crippen LogP contribution in [0.25, 0.3) is 0 Å². The number of nitrogens with zero attached hydrogens (tertiary/aromatic N) is 1. The number of ketones is 1. The number of aliphatic hydroxyl groups is 1. The molecule has 12 heavy (non-hydrogen) atoms. The summed E-state index contributed by atoms with van der Waals surface area (Å²) in [5.41, 5.74) is 0. The summed E-state index contributed by atoms with van der Waals surface area (Å²) < 4.78 is 0. The minimum atomic E-state index is -1.60. The van der Waals surface area contributed by atoms with E-state index in [9.17, 15) is 14.4 Å². The molecule has 2 fully saturated rings. The van der Waals surface area contributed by atoms with Gasteiger partial charge in [-0.2, -0.15) is 0 Å². The SMILES string of the molecule is O=C1C(O)C(=O)N2C(=O)CCC12. The first-order chi connectivity index (χ1) is 5.63. The summed E-state index contributed by atoms with van der Waals surface area (Å²) in [4.78, 5) is 34.0. The third kappa shape index (κ3) is 0.687. The average Bonchev–Trinajstić information content (AvgIpc) is 2.51. The van der Waals surface area contributed by atoms with E-state index in [1.807, 2.05) is 0 Å². The second-order valence-electron chi connectivity index (χ2n) is 2.96. The Hall–Kier alpha value is -1.23. The fourth-order valence-electron chi connectivity index (χ4n) is 1.67. The van der Waals surface area contributed by atoms with E-state index in [-0.39, 0.29) is 12.3 Å². The van der Waals surface area contributed by atoms with Gasteiger partial charge in [0.1, 0.15) is 6.04 Å². The number of aliphatic hydroxyl groups excluding tert-OH is 1. The van der Waals surface area contributed by atoms with Crippen LogP contribution in [0.3, 0.4) is 0 Å². The first-order valence-electron chi connectivity index (χ1n) is 3.70. The van der Waals surface area contributed by atoms with Gasteiger partial charge in [0.25, 0.3) is 5.91 Å². The summed E-state index contributed by atoms with van der Waals surface area (Å²) in [7, 11) is 0. The lowest BCUT2D eigenvalue weighted by molar-refractivity contribution is -0.144. The van der Waals surface area contributed by atoms with Crippen LogP contribution >= 0.6 is 0 Å². The highest BCUT2D eigenvalue weighted by molar-refractivity contribution is 6.19. The molecule has 64 valence electrons. The summed E-state index contributed by atoms with van der Waals surface area (Å²) in [5, 5.41) is 9.00. The number of rotatable bonds is 0. The van der Waals surface area contributed by atoms with Crippen LogP contribution in [0.2, 0.25) is 0 Å². The summed E-state index contributed by atoms with van der Waals surface area (Å²) in [6.45, 7) is 0. The summed E-state index contributed by atoms with van der Waals surface area (Å²) in [5.74, 6) is -1.65. The van der Waals surface area contributed by atoms with E-state index in [1.54, 1.807) is 0 Å². The van der Waals surface area contributed by atoms with Crippen LogP contribution in [0, 0.1) is 0 Å². The van der Waals surface area contributed by atoms with Gasteiger partial charge in [-0.25, -0.2) is 0 Å². The van der Waals surface area contributed by atoms with Crippen LogP contribution in [0.15, 0.2) is 0 Å². The molecule has 2 rings (SSSR count). The Labute approximate surface area is 68.0 Å². The zero-order chi connectivity index (χ0) is 8.88. The highest BCUT2D eigenvalue weighted by Gasteiger charge is 2.52. The van der Waals surface area contributed by atoms with Crippen LogP contribution in [0.1, 0.15) is 12.8 Å². The zero-order valence-corrected chi connectivity index (χ0v) is 6.19. The van der Waals surface area contributed by atoms with Crippen molar-refractivity contribution in [2.45, 2.75) is 25.0 Å². The van der Waals surface area contributed by atoms with Gasteiger partial charge in [-0.3, -0.25) is 19.3 Å². The van der Waals surface area contributed by atoms with Gasteiger partial charge in [0, 0.05) is 6.42 Å². The van der Waals surface area contributed by atoms with E-state index in [2.05, 4.69) is 0 Å². The topological polar surface area (TPSA) is 74.7 Å². The molecule has 2 atom stereocenters. The molecule has 5 nitrogen and oxygen atoms in total. The molecule has 2 amide bonds. The molecule has 0 spiro atoms. The Kier molecular flexibility index (Phi) is 1.32.